The molecule has 1 saturated heterocycles. The molecule has 1 fully saturated rings. The molecule has 1 amide bonds. The molecule has 106 valence electrons. The summed E-state index contributed by atoms with van der Waals surface area (Å²) in [6, 6.07) is 1.91. The van der Waals surface area contributed by atoms with Crippen LogP contribution in [0.4, 0.5) is 5.69 Å². The molecular weight excluding hydrogens is 240 g/mol. The van der Waals surface area contributed by atoms with Gasteiger partial charge in [-0.3, -0.25) is 9.69 Å². The lowest BCUT2D eigenvalue weighted by molar-refractivity contribution is -0.121. The second kappa shape index (κ2) is 5.75. The summed E-state index contributed by atoms with van der Waals surface area (Å²) in [5.74, 6) is 0.156. The summed E-state index contributed by atoms with van der Waals surface area (Å²) in [7, 11) is 1.83. The Labute approximate surface area is 115 Å². The van der Waals surface area contributed by atoms with E-state index in [9.17, 15) is 4.79 Å². The number of piperazine rings is 1. The number of H-pyrrole nitrogens is 1. The van der Waals surface area contributed by atoms with E-state index < -0.39 is 0 Å². The van der Waals surface area contributed by atoms with Crippen LogP contribution in [0.15, 0.2) is 18.5 Å². The maximum atomic E-state index is 12.4. The summed E-state index contributed by atoms with van der Waals surface area (Å²) in [5, 5.41) is 3.34. The number of hydrogen-bond donors (Lipinski definition) is 2. The quantitative estimate of drug-likeness (QED) is 0.855. The highest BCUT2D eigenvalue weighted by Gasteiger charge is 2.31. The second-order valence-corrected chi connectivity index (χ2v) is 5.75. The monoisotopic (exact) mass is 264 g/mol. The minimum Gasteiger partial charge on any atom is -0.366 e. The van der Waals surface area contributed by atoms with Crippen LogP contribution in [0, 0.1) is 0 Å². The fourth-order valence-electron chi connectivity index (χ4n) is 2.54. The van der Waals surface area contributed by atoms with E-state index >= 15 is 0 Å². The number of aromatic nitrogens is 1. The third-order valence-electron chi connectivity index (χ3n) is 3.90. The minimum atomic E-state index is -0.0935. The van der Waals surface area contributed by atoms with Crippen molar-refractivity contribution in [1.82, 2.24) is 15.2 Å². The predicted molar refractivity (Wildman–Crippen MR) is 77.3 cm³/mol. The van der Waals surface area contributed by atoms with E-state index in [0.29, 0.717) is 6.42 Å². The fraction of sp³-hybridized carbons (Fsp3) is 0.643. The van der Waals surface area contributed by atoms with E-state index in [1.165, 1.54) is 0 Å². The normalized spacial score (nSPS) is 17.4. The highest BCUT2D eigenvalue weighted by molar-refractivity contribution is 5.93. The Bertz CT molecular complexity index is 407. The average Bonchev–Trinajstić information content (AvgIpc) is 2.92. The summed E-state index contributed by atoms with van der Waals surface area (Å²) in [6.07, 6.45) is 4.21. The van der Waals surface area contributed by atoms with Gasteiger partial charge in [0.05, 0.1) is 5.69 Å². The van der Waals surface area contributed by atoms with Crippen LogP contribution in [-0.2, 0) is 4.79 Å². The standard InChI is InChI=1S/C14H24N4O/c1-14(2,18-8-6-15-7-9-18)10-13(19)17(3)12-4-5-16-11-12/h4-5,11,15-16H,6-10H2,1-3H3. The smallest absolute Gasteiger partial charge is 0.228 e. The third-order valence-corrected chi connectivity index (χ3v) is 3.90. The van der Waals surface area contributed by atoms with E-state index in [-0.39, 0.29) is 11.4 Å². The van der Waals surface area contributed by atoms with Crippen LogP contribution in [0.25, 0.3) is 0 Å². The average molecular weight is 264 g/mol. The van der Waals surface area contributed by atoms with Gasteiger partial charge in [-0.05, 0) is 19.9 Å². The van der Waals surface area contributed by atoms with Gasteiger partial charge in [-0.25, -0.2) is 0 Å². The van der Waals surface area contributed by atoms with Gasteiger partial charge in [-0.1, -0.05) is 0 Å². The van der Waals surface area contributed by atoms with Gasteiger partial charge in [-0.15, -0.1) is 0 Å². The highest BCUT2D eigenvalue weighted by Crippen LogP contribution is 2.22. The molecule has 0 radical (unpaired) electrons. The summed E-state index contributed by atoms with van der Waals surface area (Å²) in [5.41, 5.74) is 0.824. The SMILES string of the molecule is CN(C(=O)CC(C)(C)N1CCNCC1)c1cc[nH]c1. The molecule has 19 heavy (non-hydrogen) atoms. The second-order valence-electron chi connectivity index (χ2n) is 5.75. The van der Waals surface area contributed by atoms with E-state index in [1.807, 2.05) is 25.5 Å². The van der Waals surface area contributed by atoms with Gasteiger partial charge in [0.2, 0.25) is 5.91 Å². The molecule has 1 aromatic heterocycles. The molecule has 1 aromatic rings. The molecule has 1 aliphatic heterocycles. The van der Waals surface area contributed by atoms with Crippen LogP contribution in [0.2, 0.25) is 0 Å². The number of hydrogen-bond acceptors (Lipinski definition) is 3. The fourth-order valence-corrected chi connectivity index (χ4v) is 2.54. The number of aromatic amines is 1. The molecule has 0 unspecified atom stereocenters. The highest BCUT2D eigenvalue weighted by atomic mass is 16.2. The topological polar surface area (TPSA) is 51.4 Å². The van der Waals surface area contributed by atoms with Crippen molar-refractivity contribution in [2.24, 2.45) is 0 Å². The largest absolute Gasteiger partial charge is 0.366 e. The Kier molecular flexibility index (Phi) is 4.27. The zero-order chi connectivity index (χ0) is 13.9. The van der Waals surface area contributed by atoms with Crippen LogP contribution in [0.1, 0.15) is 20.3 Å². The van der Waals surface area contributed by atoms with Gasteiger partial charge in [0.15, 0.2) is 0 Å². The Hall–Kier alpha value is -1.33. The Morgan fingerprint density at radius 2 is 2.11 bits per heavy atom. The van der Waals surface area contributed by atoms with Crippen molar-refractivity contribution < 1.29 is 4.79 Å². The van der Waals surface area contributed by atoms with Crippen molar-refractivity contribution in [3.05, 3.63) is 18.5 Å². The van der Waals surface area contributed by atoms with Crippen molar-refractivity contribution in [3.8, 4) is 0 Å². The molecule has 5 nitrogen and oxygen atoms in total. The number of carbonyl (C=O) groups is 1. The van der Waals surface area contributed by atoms with E-state index in [2.05, 4.69) is 29.0 Å². The molecule has 0 aromatic carbocycles. The number of amides is 1. The summed E-state index contributed by atoms with van der Waals surface area (Å²) in [6.45, 7) is 8.33. The van der Waals surface area contributed by atoms with Crippen LogP contribution in [0.3, 0.4) is 0 Å². The molecule has 2 heterocycles. The van der Waals surface area contributed by atoms with Gasteiger partial charge in [0, 0.05) is 57.6 Å². The molecule has 0 saturated carbocycles. The maximum Gasteiger partial charge on any atom is 0.228 e. The number of nitrogens with zero attached hydrogens (tertiary/aromatic N) is 2. The summed E-state index contributed by atoms with van der Waals surface area (Å²) >= 11 is 0. The van der Waals surface area contributed by atoms with Crippen LogP contribution in [0.5, 0.6) is 0 Å². The molecule has 0 aliphatic carbocycles. The molecule has 2 rings (SSSR count). The molecule has 2 N–H and O–H groups in total. The van der Waals surface area contributed by atoms with Gasteiger partial charge >= 0.3 is 0 Å². The van der Waals surface area contributed by atoms with E-state index in [0.717, 1.165) is 31.9 Å². The Balaban J connectivity index is 1.96. The number of nitrogens with one attached hydrogen (secondary N) is 2. The van der Waals surface area contributed by atoms with Gasteiger partial charge in [0.1, 0.15) is 0 Å². The lowest BCUT2D eigenvalue weighted by Gasteiger charge is -2.41. The number of anilines is 1. The first-order chi connectivity index (χ1) is 9.00. The molecule has 0 spiro atoms. The Morgan fingerprint density at radius 3 is 2.68 bits per heavy atom. The number of rotatable bonds is 4. The van der Waals surface area contributed by atoms with Crippen LogP contribution < -0.4 is 10.2 Å². The molecule has 0 bridgehead atoms. The van der Waals surface area contributed by atoms with E-state index in [1.54, 1.807) is 4.90 Å². The van der Waals surface area contributed by atoms with Gasteiger partial charge in [-0.2, -0.15) is 0 Å². The zero-order valence-electron chi connectivity index (χ0n) is 12.1. The Morgan fingerprint density at radius 1 is 1.42 bits per heavy atom. The first-order valence-corrected chi connectivity index (χ1v) is 6.86. The van der Waals surface area contributed by atoms with Crippen LogP contribution in [-0.4, -0.2) is 54.6 Å². The molecule has 1 aliphatic rings. The number of carbonyl (C=O) groups excluding carboxylic acids is 1. The third kappa shape index (κ3) is 3.36. The summed E-state index contributed by atoms with van der Waals surface area (Å²) in [4.78, 5) is 19.5. The molecule has 0 atom stereocenters. The first-order valence-electron chi connectivity index (χ1n) is 6.86. The predicted octanol–water partition coefficient (Wildman–Crippen LogP) is 1.05. The molecule has 5 heteroatoms. The van der Waals surface area contributed by atoms with Gasteiger partial charge < -0.3 is 15.2 Å². The zero-order valence-corrected chi connectivity index (χ0v) is 12.1. The molecular formula is C14H24N4O. The van der Waals surface area contributed by atoms with E-state index in [4.69, 9.17) is 0 Å². The lowest BCUT2D eigenvalue weighted by atomic mass is 9.96. The maximum absolute atomic E-state index is 12.4. The minimum absolute atomic E-state index is 0.0935. The van der Waals surface area contributed by atoms with Crippen molar-refractivity contribution in [2.75, 3.05) is 38.1 Å². The van der Waals surface area contributed by atoms with Crippen molar-refractivity contribution in [3.63, 3.8) is 0 Å². The van der Waals surface area contributed by atoms with Crippen molar-refractivity contribution in [1.29, 1.82) is 0 Å². The summed E-state index contributed by atoms with van der Waals surface area (Å²) < 4.78 is 0. The van der Waals surface area contributed by atoms with Crippen molar-refractivity contribution in [2.45, 2.75) is 25.8 Å². The van der Waals surface area contributed by atoms with Crippen molar-refractivity contribution >= 4 is 11.6 Å². The van der Waals surface area contributed by atoms with Gasteiger partial charge in [0.25, 0.3) is 0 Å². The van der Waals surface area contributed by atoms with Crippen LogP contribution >= 0.6 is 0 Å². The first kappa shape index (κ1) is 14.1. The lowest BCUT2D eigenvalue weighted by Crippen LogP contribution is -2.54.